The Bertz CT molecular complexity index is 876. The molecule has 27 heavy (non-hydrogen) atoms. The Labute approximate surface area is 163 Å². The number of hydrogen-bond donors (Lipinski definition) is 0. The number of pyridine rings is 1. The molecule has 0 N–H and O–H groups in total. The van der Waals surface area contributed by atoms with Crippen LogP contribution in [0.25, 0.3) is 0 Å². The monoisotopic (exact) mass is 383 g/mol. The number of thioether (sulfide) groups is 1. The zero-order valence-corrected chi connectivity index (χ0v) is 16.4. The zero-order valence-electron chi connectivity index (χ0n) is 15.5. The van der Waals surface area contributed by atoms with Crippen molar-refractivity contribution in [3.63, 3.8) is 0 Å². The first-order valence-electron chi connectivity index (χ1n) is 9.06. The minimum Gasteiger partial charge on any atom is -0.338 e. The summed E-state index contributed by atoms with van der Waals surface area (Å²) in [5.41, 5.74) is 3.64. The summed E-state index contributed by atoms with van der Waals surface area (Å²) in [6, 6.07) is 10.2. The highest BCUT2D eigenvalue weighted by Gasteiger charge is 2.20. The first-order valence-corrected chi connectivity index (χ1v) is 10.0. The molecule has 140 valence electrons. The van der Waals surface area contributed by atoms with Crippen molar-refractivity contribution in [3.8, 4) is 6.07 Å². The van der Waals surface area contributed by atoms with Crippen LogP contribution in [0.15, 0.2) is 35.4 Å². The molecule has 0 radical (unpaired) electrons. The fourth-order valence-corrected chi connectivity index (χ4v) is 4.12. The number of nitrogens with zero attached hydrogens (tertiary/aromatic N) is 3. The quantitative estimate of drug-likeness (QED) is 0.723. The van der Waals surface area contributed by atoms with Crippen LogP contribution in [0.1, 0.15) is 48.2 Å². The molecule has 0 saturated carbocycles. The minimum atomic E-state index is -0.294. The second-order valence-corrected chi connectivity index (χ2v) is 7.75. The van der Waals surface area contributed by atoms with Crippen LogP contribution in [-0.2, 0) is 17.6 Å². The molecular formula is C21H22FN3OS. The van der Waals surface area contributed by atoms with Gasteiger partial charge in [0.25, 0.3) is 0 Å². The van der Waals surface area contributed by atoms with Crippen molar-refractivity contribution in [2.24, 2.45) is 0 Å². The van der Waals surface area contributed by atoms with Crippen LogP contribution in [0.3, 0.4) is 0 Å². The number of aromatic nitrogens is 1. The van der Waals surface area contributed by atoms with Crippen molar-refractivity contribution in [1.82, 2.24) is 9.88 Å². The van der Waals surface area contributed by atoms with Crippen molar-refractivity contribution in [2.75, 3.05) is 12.8 Å². The number of nitriles is 1. The van der Waals surface area contributed by atoms with E-state index in [1.165, 1.54) is 23.9 Å². The maximum Gasteiger partial charge on any atom is 0.233 e. The molecule has 1 aliphatic rings. The second kappa shape index (κ2) is 8.53. The molecule has 1 heterocycles. The number of benzene rings is 1. The van der Waals surface area contributed by atoms with Gasteiger partial charge in [0, 0.05) is 12.7 Å². The number of aryl methyl sites for hydroxylation is 2. The molecule has 0 aliphatic heterocycles. The third-order valence-electron chi connectivity index (χ3n) is 5.05. The maximum absolute atomic E-state index is 13.1. The number of halogens is 1. The Hall–Kier alpha value is -2.39. The predicted molar refractivity (Wildman–Crippen MR) is 104 cm³/mol. The van der Waals surface area contributed by atoms with Crippen molar-refractivity contribution in [3.05, 3.63) is 58.5 Å². The van der Waals surface area contributed by atoms with E-state index in [2.05, 4.69) is 11.1 Å². The van der Waals surface area contributed by atoms with Gasteiger partial charge in [-0.3, -0.25) is 4.79 Å². The van der Waals surface area contributed by atoms with Crippen LogP contribution < -0.4 is 0 Å². The Kier molecular flexibility index (Phi) is 6.12. The fraction of sp³-hybridized carbons (Fsp3) is 0.381. The summed E-state index contributed by atoms with van der Waals surface area (Å²) in [5, 5.41) is 10.1. The molecule has 6 heteroatoms. The zero-order chi connectivity index (χ0) is 19.4. The summed E-state index contributed by atoms with van der Waals surface area (Å²) >= 11 is 1.31. The lowest BCUT2D eigenvalue weighted by atomic mass is 9.95. The maximum atomic E-state index is 13.1. The van der Waals surface area contributed by atoms with E-state index in [-0.39, 0.29) is 23.5 Å². The molecule has 1 aromatic heterocycles. The van der Waals surface area contributed by atoms with Crippen LogP contribution in [0.2, 0.25) is 0 Å². The Morgan fingerprint density at radius 3 is 2.74 bits per heavy atom. The molecule has 1 aromatic carbocycles. The number of carbonyl (C=O) groups is 1. The Morgan fingerprint density at radius 1 is 1.33 bits per heavy atom. The highest BCUT2D eigenvalue weighted by Crippen LogP contribution is 2.28. The van der Waals surface area contributed by atoms with E-state index >= 15 is 0 Å². The van der Waals surface area contributed by atoms with Gasteiger partial charge in [-0.05, 0) is 61.9 Å². The fourth-order valence-electron chi connectivity index (χ4n) is 3.22. The molecule has 1 aliphatic carbocycles. The molecule has 0 fully saturated rings. The molecule has 0 spiro atoms. The van der Waals surface area contributed by atoms with Gasteiger partial charge in [0.1, 0.15) is 16.9 Å². The largest absolute Gasteiger partial charge is 0.338 e. The smallest absolute Gasteiger partial charge is 0.233 e. The van der Waals surface area contributed by atoms with Crippen LogP contribution in [0, 0.1) is 17.1 Å². The van der Waals surface area contributed by atoms with E-state index in [0.717, 1.165) is 42.5 Å². The van der Waals surface area contributed by atoms with Gasteiger partial charge in [-0.25, -0.2) is 9.37 Å². The minimum absolute atomic E-state index is 0.0553. The number of carbonyl (C=O) groups excluding carboxylic acids is 1. The number of amides is 1. The van der Waals surface area contributed by atoms with Gasteiger partial charge in [-0.1, -0.05) is 23.9 Å². The third-order valence-corrected chi connectivity index (χ3v) is 6.02. The lowest BCUT2D eigenvalue weighted by Gasteiger charge is -2.25. The van der Waals surface area contributed by atoms with Crippen LogP contribution in [0.5, 0.6) is 0 Å². The lowest BCUT2D eigenvalue weighted by molar-refractivity contribution is -0.128. The van der Waals surface area contributed by atoms with Crippen LogP contribution >= 0.6 is 11.8 Å². The van der Waals surface area contributed by atoms with E-state index in [1.54, 1.807) is 24.1 Å². The van der Waals surface area contributed by atoms with E-state index in [0.29, 0.717) is 10.6 Å². The average Bonchev–Trinajstić information content (AvgIpc) is 2.70. The topological polar surface area (TPSA) is 57.0 Å². The van der Waals surface area contributed by atoms with Gasteiger partial charge in [-0.15, -0.1) is 0 Å². The lowest BCUT2D eigenvalue weighted by Crippen LogP contribution is -2.31. The molecule has 1 amide bonds. The van der Waals surface area contributed by atoms with Gasteiger partial charge in [-0.2, -0.15) is 5.26 Å². The standard InChI is InChI=1S/C21H22FN3OS/c1-14(15-7-9-18(22)10-8-15)25(2)20(26)13-27-21-17(12-23)11-16-5-3-4-6-19(16)24-21/h7-11,14H,3-6,13H2,1-2H3. The summed E-state index contributed by atoms with van der Waals surface area (Å²) in [4.78, 5) is 18.9. The van der Waals surface area contributed by atoms with E-state index < -0.39 is 0 Å². The summed E-state index contributed by atoms with van der Waals surface area (Å²) in [5.74, 6) is -0.138. The highest BCUT2D eigenvalue weighted by molar-refractivity contribution is 7.99. The van der Waals surface area contributed by atoms with Crippen LogP contribution in [-0.4, -0.2) is 28.6 Å². The van der Waals surface area contributed by atoms with Crippen molar-refractivity contribution in [1.29, 1.82) is 5.26 Å². The van der Waals surface area contributed by atoms with Gasteiger partial charge in [0.2, 0.25) is 5.91 Å². The summed E-state index contributed by atoms with van der Waals surface area (Å²) < 4.78 is 13.1. The molecule has 1 atom stereocenters. The molecule has 3 rings (SSSR count). The highest BCUT2D eigenvalue weighted by atomic mass is 32.2. The van der Waals surface area contributed by atoms with Crippen molar-refractivity contribution in [2.45, 2.75) is 43.7 Å². The number of hydrogen-bond acceptors (Lipinski definition) is 4. The first-order chi connectivity index (χ1) is 13.0. The summed E-state index contributed by atoms with van der Waals surface area (Å²) in [6.07, 6.45) is 4.16. The molecule has 1 unspecified atom stereocenters. The summed E-state index contributed by atoms with van der Waals surface area (Å²) in [6.45, 7) is 1.91. The molecule has 2 aromatic rings. The van der Waals surface area contributed by atoms with E-state index in [9.17, 15) is 14.4 Å². The molecule has 0 saturated heterocycles. The Morgan fingerprint density at radius 2 is 2.04 bits per heavy atom. The number of rotatable bonds is 5. The summed E-state index contributed by atoms with van der Waals surface area (Å²) in [7, 11) is 1.74. The predicted octanol–water partition coefficient (Wildman–Crippen LogP) is 4.28. The van der Waals surface area contributed by atoms with Crippen molar-refractivity contribution >= 4 is 17.7 Å². The molecule has 0 bridgehead atoms. The third kappa shape index (κ3) is 4.48. The molecular weight excluding hydrogens is 361 g/mol. The van der Waals surface area contributed by atoms with Crippen molar-refractivity contribution < 1.29 is 9.18 Å². The number of fused-ring (bicyclic) bond motifs is 1. The van der Waals surface area contributed by atoms with Gasteiger partial charge in [0.05, 0.1) is 17.4 Å². The van der Waals surface area contributed by atoms with E-state index in [1.807, 2.05) is 13.0 Å². The SMILES string of the molecule is CC(c1ccc(F)cc1)N(C)C(=O)CSc1nc2c(cc1C#N)CCCC2. The van der Waals surface area contributed by atoms with Gasteiger partial charge < -0.3 is 4.90 Å². The Balaban J connectivity index is 1.68. The van der Waals surface area contributed by atoms with E-state index in [4.69, 9.17) is 0 Å². The normalized spacial score (nSPS) is 14.1. The van der Waals surface area contributed by atoms with Gasteiger partial charge in [0.15, 0.2) is 0 Å². The van der Waals surface area contributed by atoms with Gasteiger partial charge >= 0.3 is 0 Å². The molecule has 4 nitrogen and oxygen atoms in total. The van der Waals surface area contributed by atoms with Crippen LogP contribution in [0.4, 0.5) is 4.39 Å². The second-order valence-electron chi connectivity index (χ2n) is 6.79. The first kappa shape index (κ1) is 19.4. The average molecular weight is 383 g/mol.